The first-order valence-electron chi connectivity index (χ1n) is 7.19. The topological polar surface area (TPSA) is 64.3 Å². The Labute approximate surface area is 119 Å². The summed E-state index contributed by atoms with van der Waals surface area (Å²) in [7, 11) is 0. The van der Waals surface area contributed by atoms with Gasteiger partial charge in [0.05, 0.1) is 5.69 Å². The Hall–Kier alpha value is -1.55. The van der Waals surface area contributed by atoms with E-state index in [0.29, 0.717) is 18.9 Å². The number of rotatable bonds is 1. The van der Waals surface area contributed by atoms with Crippen LogP contribution in [0.2, 0.25) is 0 Å². The lowest BCUT2D eigenvalue weighted by Gasteiger charge is -2.32. The summed E-state index contributed by atoms with van der Waals surface area (Å²) in [6, 6.07) is 2.13. The third-order valence-corrected chi connectivity index (χ3v) is 4.63. The molecule has 108 valence electrons. The fraction of sp³-hybridized carbons (Fsp3) is 0.562. The van der Waals surface area contributed by atoms with Gasteiger partial charge in [0.2, 0.25) is 5.91 Å². The fourth-order valence-corrected chi connectivity index (χ4v) is 3.23. The van der Waals surface area contributed by atoms with Crippen LogP contribution in [0.3, 0.4) is 0 Å². The third-order valence-electron chi connectivity index (χ3n) is 4.63. The number of benzene rings is 1. The van der Waals surface area contributed by atoms with Crippen molar-refractivity contribution >= 4 is 11.6 Å². The summed E-state index contributed by atoms with van der Waals surface area (Å²) in [6.07, 6.45) is 0.749. The molecule has 0 aliphatic carbocycles. The lowest BCUT2D eigenvalue weighted by molar-refractivity contribution is -0.124. The summed E-state index contributed by atoms with van der Waals surface area (Å²) in [6.45, 7) is 8.65. The molecule has 1 aromatic carbocycles. The minimum Gasteiger partial charge on any atom is -0.488 e. The molecule has 0 fully saturated rings. The Balaban J connectivity index is 2.16. The van der Waals surface area contributed by atoms with Crippen molar-refractivity contribution in [1.29, 1.82) is 0 Å². The van der Waals surface area contributed by atoms with Crippen molar-refractivity contribution < 1.29 is 9.53 Å². The molecule has 3 rings (SSSR count). The summed E-state index contributed by atoms with van der Waals surface area (Å²) in [5, 5.41) is 3.05. The van der Waals surface area contributed by atoms with Gasteiger partial charge in [-0.3, -0.25) is 4.79 Å². The number of aryl methyl sites for hydroxylation is 1. The Morgan fingerprint density at radius 3 is 2.85 bits per heavy atom. The molecule has 3 N–H and O–H groups in total. The van der Waals surface area contributed by atoms with Gasteiger partial charge in [0.1, 0.15) is 11.9 Å². The molecule has 0 bridgehead atoms. The number of carbonyl (C=O) groups is 1. The molecule has 2 heterocycles. The molecule has 2 atom stereocenters. The van der Waals surface area contributed by atoms with Gasteiger partial charge >= 0.3 is 0 Å². The maximum atomic E-state index is 12.1. The molecule has 2 aliphatic heterocycles. The summed E-state index contributed by atoms with van der Waals surface area (Å²) in [4.78, 5) is 12.1. The highest BCUT2D eigenvalue weighted by Crippen LogP contribution is 2.48. The first-order valence-corrected chi connectivity index (χ1v) is 7.19. The fourth-order valence-electron chi connectivity index (χ4n) is 3.23. The number of anilines is 1. The van der Waals surface area contributed by atoms with Gasteiger partial charge in [-0.1, -0.05) is 20.8 Å². The van der Waals surface area contributed by atoms with Gasteiger partial charge in [-0.05, 0) is 25.0 Å². The average Bonchev–Trinajstić information content (AvgIpc) is 2.69. The molecule has 2 unspecified atom stereocenters. The zero-order valence-electron chi connectivity index (χ0n) is 12.5. The van der Waals surface area contributed by atoms with Gasteiger partial charge in [0.25, 0.3) is 0 Å². The van der Waals surface area contributed by atoms with Gasteiger partial charge in [-0.15, -0.1) is 0 Å². The third kappa shape index (κ3) is 1.74. The lowest BCUT2D eigenvalue weighted by atomic mass is 9.79. The standard InChI is InChI=1S/C16H22N2O2/c1-8-5-10-9(2)12(7-17)20-14(10)11-6-16(3,4)15(19)18-13(8)11/h5,9,12H,6-7,17H2,1-4H3,(H,18,19). The number of fused-ring (bicyclic) bond motifs is 3. The van der Waals surface area contributed by atoms with Crippen LogP contribution in [0, 0.1) is 12.3 Å². The minimum absolute atomic E-state index is 0.0386. The molecular formula is C16H22N2O2. The van der Waals surface area contributed by atoms with Crippen molar-refractivity contribution in [2.24, 2.45) is 11.1 Å². The Morgan fingerprint density at radius 1 is 1.50 bits per heavy atom. The molecule has 2 aliphatic rings. The monoisotopic (exact) mass is 274 g/mol. The van der Waals surface area contributed by atoms with Gasteiger partial charge in [-0.25, -0.2) is 0 Å². The van der Waals surface area contributed by atoms with Crippen molar-refractivity contribution in [3.8, 4) is 5.75 Å². The maximum absolute atomic E-state index is 12.1. The summed E-state index contributed by atoms with van der Waals surface area (Å²) >= 11 is 0. The summed E-state index contributed by atoms with van der Waals surface area (Å²) < 4.78 is 6.07. The van der Waals surface area contributed by atoms with Crippen molar-refractivity contribution in [2.75, 3.05) is 11.9 Å². The average molecular weight is 274 g/mol. The van der Waals surface area contributed by atoms with Gasteiger partial charge in [-0.2, -0.15) is 0 Å². The molecule has 0 aromatic heterocycles. The molecule has 1 amide bonds. The molecular weight excluding hydrogens is 252 g/mol. The first kappa shape index (κ1) is 13.4. The predicted octanol–water partition coefficient (Wildman–Crippen LogP) is 2.34. The second kappa shape index (κ2) is 4.22. The highest BCUT2D eigenvalue weighted by molar-refractivity contribution is 5.99. The number of amides is 1. The van der Waals surface area contributed by atoms with E-state index in [2.05, 4.69) is 18.3 Å². The zero-order valence-corrected chi connectivity index (χ0v) is 12.5. The SMILES string of the molecule is Cc1cc2c(c3c1NC(=O)C(C)(C)C3)OC(CN)C2C. The van der Waals surface area contributed by atoms with E-state index in [1.807, 2.05) is 20.8 Å². The Morgan fingerprint density at radius 2 is 2.20 bits per heavy atom. The summed E-state index contributed by atoms with van der Waals surface area (Å²) in [5.41, 5.74) is 9.79. The van der Waals surface area contributed by atoms with Crippen LogP contribution in [-0.4, -0.2) is 18.6 Å². The van der Waals surface area contributed by atoms with Crippen LogP contribution in [-0.2, 0) is 11.2 Å². The van der Waals surface area contributed by atoms with Crippen molar-refractivity contribution in [2.45, 2.75) is 46.1 Å². The number of ether oxygens (including phenoxy) is 1. The Bertz CT molecular complexity index is 593. The zero-order chi connectivity index (χ0) is 14.7. The number of hydrogen-bond acceptors (Lipinski definition) is 3. The lowest BCUT2D eigenvalue weighted by Crippen LogP contribution is -2.37. The maximum Gasteiger partial charge on any atom is 0.230 e. The second-order valence-corrected chi connectivity index (χ2v) is 6.66. The van der Waals surface area contributed by atoms with Crippen LogP contribution in [0.15, 0.2) is 6.07 Å². The predicted molar refractivity (Wildman–Crippen MR) is 79.2 cm³/mol. The second-order valence-electron chi connectivity index (χ2n) is 6.66. The normalized spacial score (nSPS) is 26.6. The van der Waals surface area contributed by atoms with Gasteiger partial charge in [0.15, 0.2) is 0 Å². The van der Waals surface area contributed by atoms with Crippen LogP contribution in [0.25, 0.3) is 0 Å². The van der Waals surface area contributed by atoms with E-state index in [-0.39, 0.29) is 12.0 Å². The smallest absolute Gasteiger partial charge is 0.230 e. The molecule has 0 saturated heterocycles. The van der Waals surface area contributed by atoms with E-state index in [1.165, 1.54) is 5.56 Å². The largest absolute Gasteiger partial charge is 0.488 e. The van der Waals surface area contributed by atoms with E-state index < -0.39 is 5.41 Å². The minimum atomic E-state index is -0.401. The van der Waals surface area contributed by atoms with E-state index >= 15 is 0 Å². The van der Waals surface area contributed by atoms with E-state index in [0.717, 1.165) is 22.6 Å². The molecule has 0 saturated carbocycles. The molecule has 20 heavy (non-hydrogen) atoms. The number of nitrogens with two attached hydrogens (primary N) is 1. The van der Waals surface area contributed by atoms with Crippen LogP contribution < -0.4 is 15.8 Å². The highest BCUT2D eigenvalue weighted by Gasteiger charge is 2.40. The molecule has 1 aromatic rings. The molecule has 0 radical (unpaired) electrons. The number of nitrogens with one attached hydrogen (secondary N) is 1. The van der Waals surface area contributed by atoms with Crippen molar-refractivity contribution in [3.63, 3.8) is 0 Å². The number of hydrogen-bond donors (Lipinski definition) is 2. The van der Waals surface area contributed by atoms with Crippen LogP contribution >= 0.6 is 0 Å². The molecule has 0 spiro atoms. The van der Waals surface area contributed by atoms with Crippen molar-refractivity contribution in [1.82, 2.24) is 0 Å². The Kier molecular flexibility index (Phi) is 2.83. The van der Waals surface area contributed by atoms with Crippen LogP contribution in [0.1, 0.15) is 43.4 Å². The highest BCUT2D eigenvalue weighted by atomic mass is 16.5. The molecule has 4 heteroatoms. The van der Waals surface area contributed by atoms with E-state index in [9.17, 15) is 4.79 Å². The first-order chi connectivity index (χ1) is 9.35. The van der Waals surface area contributed by atoms with Crippen LogP contribution in [0.4, 0.5) is 5.69 Å². The van der Waals surface area contributed by atoms with Crippen molar-refractivity contribution in [3.05, 3.63) is 22.8 Å². The van der Waals surface area contributed by atoms with E-state index in [4.69, 9.17) is 10.5 Å². The van der Waals surface area contributed by atoms with Crippen LogP contribution in [0.5, 0.6) is 5.75 Å². The number of carbonyl (C=O) groups excluding carboxylic acids is 1. The quantitative estimate of drug-likeness (QED) is 0.826. The molecule has 4 nitrogen and oxygen atoms in total. The van der Waals surface area contributed by atoms with E-state index in [1.54, 1.807) is 0 Å². The van der Waals surface area contributed by atoms with Gasteiger partial charge < -0.3 is 15.8 Å². The summed E-state index contributed by atoms with van der Waals surface area (Å²) in [5.74, 6) is 1.33. The van der Waals surface area contributed by atoms with Gasteiger partial charge in [0, 0.05) is 29.0 Å².